The van der Waals surface area contributed by atoms with Crippen LogP contribution in [0.1, 0.15) is 13.3 Å². The minimum absolute atomic E-state index is 0.556. The largest absolute Gasteiger partial charge is 0.102 e. The summed E-state index contributed by atoms with van der Waals surface area (Å²) in [5.41, 5.74) is 1.48. The maximum Gasteiger partial charge on any atom is -0.00481 e. The molecule has 1 aliphatic carbocycles. The van der Waals surface area contributed by atoms with E-state index < -0.39 is 0 Å². The molecule has 9 heavy (non-hydrogen) atoms. The average molecular weight is 120 g/mol. The quantitative estimate of drug-likeness (QED) is 0.491. The standard InChI is InChI=1S/C9H12/c1-3-8(2)9-6-4-5-7-9/h3-6,8H,1,7H2,2H3. The van der Waals surface area contributed by atoms with Crippen molar-refractivity contribution in [3.63, 3.8) is 0 Å². The van der Waals surface area contributed by atoms with Crippen molar-refractivity contribution < 1.29 is 0 Å². The van der Waals surface area contributed by atoms with Crippen molar-refractivity contribution in [2.75, 3.05) is 0 Å². The van der Waals surface area contributed by atoms with Crippen LogP contribution in [0, 0.1) is 5.92 Å². The van der Waals surface area contributed by atoms with E-state index in [4.69, 9.17) is 0 Å². The van der Waals surface area contributed by atoms with Gasteiger partial charge < -0.3 is 0 Å². The first-order valence-corrected chi connectivity index (χ1v) is 3.32. The number of allylic oxidation sites excluding steroid dienone is 5. The SMILES string of the molecule is C=CC(C)C1=CC=CC1. The van der Waals surface area contributed by atoms with E-state index >= 15 is 0 Å². The summed E-state index contributed by atoms with van der Waals surface area (Å²) in [6.45, 7) is 5.91. The summed E-state index contributed by atoms with van der Waals surface area (Å²) in [6, 6.07) is 0. The summed E-state index contributed by atoms with van der Waals surface area (Å²) >= 11 is 0. The fourth-order valence-corrected chi connectivity index (χ4v) is 0.953. The van der Waals surface area contributed by atoms with E-state index in [1.807, 2.05) is 6.08 Å². The minimum atomic E-state index is 0.556. The van der Waals surface area contributed by atoms with Crippen LogP contribution in [0.4, 0.5) is 0 Å². The molecule has 1 rings (SSSR count). The highest BCUT2D eigenvalue weighted by Crippen LogP contribution is 2.19. The molecule has 0 bridgehead atoms. The molecule has 0 fully saturated rings. The lowest BCUT2D eigenvalue weighted by molar-refractivity contribution is 0.843. The van der Waals surface area contributed by atoms with Gasteiger partial charge in [-0.05, 0) is 12.3 Å². The summed E-state index contributed by atoms with van der Waals surface area (Å²) in [4.78, 5) is 0. The average Bonchev–Trinajstić information content (AvgIpc) is 2.37. The van der Waals surface area contributed by atoms with Crippen LogP contribution in [-0.4, -0.2) is 0 Å². The summed E-state index contributed by atoms with van der Waals surface area (Å²) in [7, 11) is 0. The molecule has 0 spiro atoms. The third kappa shape index (κ3) is 1.32. The summed E-state index contributed by atoms with van der Waals surface area (Å²) in [6.07, 6.45) is 9.56. The van der Waals surface area contributed by atoms with Gasteiger partial charge in [-0.2, -0.15) is 0 Å². The Kier molecular flexibility index (Phi) is 1.88. The van der Waals surface area contributed by atoms with Crippen LogP contribution < -0.4 is 0 Å². The molecule has 1 aliphatic rings. The first-order chi connectivity index (χ1) is 4.34. The van der Waals surface area contributed by atoms with Crippen LogP contribution in [0.2, 0.25) is 0 Å². The van der Waals surface area contributed by atoms with Crippen molar-refractivity contribution in [1.29, 1.82) is 0 Å². The van der Waals surface area contributed by atoms with Crippen LogP contribution in [0.3, 0.4) is 0 Å². The highest BCUT2D eigenvalue weighted by molar-refractivity contribution is 5.26. The monoisotopic (exact) mass is 120 g/mol. The fourth-order valence-electron chi connectivity index (χ4n) is 0.953. The van der Waals surface area contributed by atoms with E-state index in [0.717, 1.165) is 6.42 Å². The Morgan fingerprint density at radius 1 is 1.78 bits per heavy atom. The van der Waals surface area contributed by atoms with Gasteiger partial charge in [0.15, 0.2) is 0 Å². The van der Waals surface area contributed by atoms with E-state index in [0.29, 0.717) is 5.92 Å². The summed E-state index contributed by atoms with van der Waals surface area (Å²) < 4.78 is 0. The Balaban J connectivity index is 2.54. The van der Waals surface area contributed by atoms with E-state index in [-0.39, 0.29) is 0 Å². The molecule has 0 aromatic rings. The molecule has 0 radical (unpaired) electrons. The Morgan fingerprint density at radius 3 is 3.00 bits per heavy atom. The number of rotatable bonds is 2. The Morgan fingerprint density at radius 2 is 2.56 bits per heavy atom. The topological polar surface area (TPSA) is 0 Å². The molecule has 48 valence electrons. The van der Waals surface area contributed by atoms with Gasteiger partial charge in [0.1, 0.15) is 0 Å². The molecular formula is C9H12. The molecule has 0 aromatic heterocycles. The first kappa shape index (κ1) is 6.34. The third-order valence-electron chi connectivity index (χ3n) is 1.74. The highest BCUT2D eigenvalue weighted by Gasteiger charge is 2.03. The zero-order valence-electron chi connectivity index (χ0n) is 5.80. The second-order valence-corrected chi connectivity index (χ2v) is 2.40. The van der Waals surface area contributed by atoms with Crippen molar-refractivity contribution in [2.45, 2.75) is 13.3 Å². The molecule has 0 saturated heterocycles. The molecule has 0 N–H and O–H groups in total. The van der Waals surface area contributed by atoms with Crippen molar-refractivity contribution in [2.24, 2.45) is 5.92 Å². The van der Waals surface area contributed by atoms with E-state index in [2.05, 4.69) is 31.7 Å². The third-order valence-corrected chi connectivity index (χ3v) is 1.74. The first-order valence-electron chi connectivity index (χ1n) is 3.32. The van der Waals surface area contributed by atoms with Crippen LogP contribution in [0.5, 0.6) is 0 Å². The molecule has 1 unspecified atom stereocenters. The van der Waals surface area contributed by atoms with Crippen molar-refractivity contribution in [3.8, 4) is 0 Å². The van der Waals surface area contributed by atoms with Gasteiger partial charge in [0, 0.05) is 0 Å². The molecule has 0 heterocycles. The second-order valence-electron chi connectivity index (χ2n) is 2.40. The normalized spacial score (nSPS) is 19.4. The molecule has 0 aliphatic heterocycles. The van der Waals surface area contributed by atoms with E-state index in [1.54, 1.807) is 0 Å². The van der Waals surface area contributed by atoms with E-state index in [1.165, 1.54) is 5.57 Å². The number of hydrogen-bond acceptors (Lipinski definition) is 0. The summed E-state index contributed by atoms with van der Waals surface area (Å²) in [5.74, 6) is 0.556. The predicted molar refractivity (Wildman–Crippen MR) is 41.2 cm³/mol. The van der Waals surface area contributed by atoms with Crippen LogP contribution in [0.25, 0.3) is 0 Å². The summed E-state index contributed by atoms with van der Waals surface area (Å²) in [5, 5.41) is 0. The number of hydrogen-bond donors (Lipinski definition) is 0. The molecule has 0 saturated carbocycles. The van der Waals surface area contributed by atoms with Gasteiger partial charge in [-0.25, -0.2) is 0 Å². The van der Waals surface area contributed by atoms with Gasteiger partial charge in [0.25, 0.3) is 0 Å². The van der Waals surface area contributed by atoms with Gasteiger partial charge in [-0.3, -0.25) is 0 Å². The van der Waals surface area contributed by atoms with Gasteiger partial charge in [-0.1, -0.05) is 36.8 Å². The smallest absolute Gasteiger partial charge is 0.00481 e. The Hall–Kier alpha value is -0.780. The lowest BCUT2D eigenvalue weighted by Crippen LogP contribution is -1.90. The second kappa shape index (κ2) is 2.67. The molecule has 1 atom stereocenters. The molecule has 0 nitrogen and oxygen atoms in total. The van der Waals surface area contributed by atoms with Crippen molar-refractivity contribution in [3.05, 3.63) is 36.5 Å². The van der Waals surface area contributed by atoms with Gasteiger partial charge in [0.05, 0.1) is 0 Å². The van der Waals surface area contributed by atoms with Crippen molar-refractivity contribution in [1.82, 2.24) is 0 Å². The van der Waals surface area contributed by atoms with Crippen LogP contribution in [-0.2, 0) is 0 Å². The van der Waals surface area contributed by atoms with Crippen LogP contribution >= 0.6 is 0 Å². The zero-order chi connectivity index (χ0) is 6.69. The fraction of sp³-hybridized carbons (Fsp3) is 0.333. The van der Waals surface area contributed by atoms with Crippen molar-refractivity contribution >= 4 is 0 Å². The molecular weight excluding hydrogens is 108 g/mol. The Labute approximate surface area is 56.6 Å². The van der Waals surface area contributed by atoms with E-state index in [9.17, 15) is 0 Å². The molecule has 0 amide bonds. The lowest BCUT2D eigenvalue weighted by Gasteiger charge is -2.04. The van der Waals surface area contributed by atoms with Gasteiger partial charge >= 0.3 is 0 Å². The lowest BCUT2D eigenvalue weighted by atomic mass is 10.0. The minimum Gasteiger partial charge on any atom is -0.102 e. The maximum atomic E-state index is 3.74. The Bertz CT molecular complexity index is 161. The van der Waals surface area contributed by atoms with Crippen LogP contribution in [0.15, 0.2) is 36.5 Å². The van der Waals surface area contributed by atoms with Gasteiger partial charge in [0.2, 0.25) is 0 Å². The van der Waals surface area contributed by atoms with Gasteiger partial charge in [-0.15, -0.1) is 6.58 Å². The maximum absolute atomic E-state index is 3.74. The predicted octanol–water partition coefficient (Wildman–Crippen LogP) is 2.69. The molecule has 0 heteroatoms. The zero-order valence-corrected chi connectivity index (χ0v) is 5.80. The molecule has 0 aromatic carbocycles. The highest BCUT2D eigenvalue weighted by atomic mass is 14.1.